The molecule has 0 bridgehead atoms. The summed E-state index contributed by atoms with van der Waals surface area (Å²) in [6.45, 7) is 4.31. The second-order valence-electron chi connectivity index (χ2n) is 8.15. The van der Waals surface area contributed by atoms with Gasteiger partial charge in [-0.05, 0) is 25.5 Å². The fraction of sp³-hybridized carbons (Fsp3) is 0.545. The molecule has 1 aromatic heterocycles. The Hall–Kier alpha value is -2.03. The van der Waals surface area contributed by atoms with E-state index in [-0.39, 0.29) is 11.9 Å². The van der Waals surface area contributed by atoms with Crippen molar-refractivity contribution in [2.45, 2.75) is 25.4 Å². The molecule has 7 nitrogen and oxygen atoms in total. The highest BCUT2D eigenvalue weighted by molar-refractivity contribution is 7.99. The summed E-state index contributed by atoms with van der Waals surface area (Å²) in [7, 11) is 0. The van der Waals surface area contributed by atoms with Crippen LogP contribution < -0.4 is 10.2 Å². The van der Waals surface area contributed by atoms with Crippen molar-refractivity contribution in [1.29, 1.82) is 0 Å². The molecule has 0 radical (unpaired) electrons. The van der Waals surface area contributed by atoms with E-state index in [4.69, 9.17) is 7.84 Å². The van der Waals surface area contributed by atoms with Crippen LogP contribution in [0.4, 0.5) is 5.82 Å². The molecule has 160 valence electrons. The Balaban J connectivity index is 1.26. The van der Waals surface area contributed by atoms with E-state index < -0.39 is 12.5 Å². The van der Waals surface area contributed by atoms with E-state index >= 15 is 0 Å². The molecule has 5 rings (SSSR count). The zero-order valence-corrected chi connectivity index (χ0v) is 18.1. The van der Waals surface area contributed by atoms with Crippen LogP contribution in [-0.2, 0) is 4.79 Å². The van der Waals surface area contributed by atoms with E-state index in [0.29, 0.717) is 6.42 Å². The molecule has 2 aromatic rings. The van der Waals surface area contributed by atoms with Gasteiger partial charge in [0.25, 0.3) is 0 Å². The molecule has 0 saturated carbocycles. The molecule has 8 heteroatoms. The van der Waals surface area contributed by atoms with Gasteiger partial charge in [-0.25, -0.2) is 4.68 Å². The summed E-state index contributed by atoms with van der Waals surface area (Å²) < 4.78 is 19.1. The zero-order valence-electron chi connectivity index (χ0n) is 19.3. The lowest BCUT2D eigenvalue weighted by Crippen LogP contribution is -2.51. The predicted octanol–water partition coefficient (Wildman–Crippen LogP) is 1.57. The number of nitrogens with zero attached hydrogens (tertiary/aromatic N) is 5. The molecule has 3 aliphatic rings. The predicted molar refractivity (Wildman–Crippen MR) is 121 cm³/mol. The van der Waals surface area contributed by atoms with Gasteiger partial charge in [-0.15, -0.1) is 11.8 Å². The average Bonchev–Trinajstić information content (AvgIpc) is 3.53. The van der Waals surface area contributed by atoms with Crippen LogP contribution in [0.15, 0.2) is 36.4 Å². The number of amides is 1. The average molecular weight is 429 g/mol. The fourth-order valence-corrected chi connectivity index (χ4v) is 5.44. The van der Waals surface area contributed by atoms with Crippen molar-refractivity contribution in [3.05, 3.63) is 42.1 Å². The van der Waals surface area contributed by atoms with E-state index in [1.165, 1.54) is 0 Å². The Bertz CT molecular complexity index is 957. The van der Waals surface area contributed by atoms with Crippen LogP contribution in [0, 0.1) is 6.92 Å². The molecular formula is C22H30N6OS. The number of carbonyl (C=O) groups is 1. The van der Waals surface area contributed by atoms with E-state index in [0.717, 1.165) is 61.6 Å². The minimum Gasteiger partial charge on any atom is -0.354 e. The second-order valence-corrected chi connectivity index (χ2v) is 9.22. The van der Waals surface area contributed by atoms with Crippen LogP contribution in [0.25, 0.3) is 5.69 Å². The first-order valence-electron chi connectivity index (χ1n) is 11.7. The molecule has 3 saturated heterocycles. The lowest BCUT2D eigenvalue weighted by molar-refractivity contribution is -0.131. The molecule has 3 aliphatic heterocycles. The Morgan fingerprint density at radius 2 is 2.00 bits per heavy atom. The van der Waals surface area contributed by atoms with Crippen molar-refractivity contribution in [1.82, 2.24) is 24.9 Å². The monoisotopic (exact) mass is 428 g/mol. The molecular weight excluding hydrogens is 396 g/mol. The Labute approximate surface area is 185 Å². The maximum absolute atomic E-state index is 12.8. The van der Waals surface area contributed by atoms with Gasteiger partial charge in [0.05, 0.1) is 23.3 Å². The molecule has 1 amide bonds. The van der Waals surface area contributed by atoms with E-state index in [1.807, 2.05) is 34.7 Å². The standard InChI is InChI=1S/C22H30N6OS/c1-17-13-21(28(24-17)18-5-3-2-4-6-18)26-9-7-25(8-10-26)19-14-20(23-15-19)22(29)27-11-12-30-16-27/h2-6,13,19-20,23H,7-12,14-16H2,1H3/i15D2. The molecule has 4 heterocycles. The van der Waals surface area contributed by atoms with Crippen LogP contribution in [0.1, 0.15) is 14.9 Å². The smallest absolute Gasteiger partial charge is 0.240 e. The number of para-hydroxylation sites is 1. The van der Waals surface area contributed by atoms with Gasteiger partial charge in [-0.2, -0.15) is 5.10 Å². The summed E-state index contributed by atoms with van der Waals surface area (Å²) in [6, 6.07) is 11.5. The van der Waals surface area contributed by atoms with E-state index in [1.54, 1.807) is 11.8 Å². The third-order valence-electron chi connectivity index (χ3n) is 6.14. The number of benzene rings is 1. The highest BCUT2D eigenvalue weighted by Gasteiger charge is 2.36. The number of piperazine rings is 1. The number of rotatable bonds is 4. The van der Waals surface area contributed by atoms with E-state index in [2.05, 4.69) is 33.3 Å². The van der Waals surface area contributed by atoms with Crippen LogP contribution in [0.3, 0.4) is 0 Å². The summed E-state index contributed by atoms with van der Waals surface area (Å²) in [5, 5.41) is 7.68. The number of hydrogen-bond donors (Lipinski definition) is 1. The third-order valence-corrected chi connectivity index (χ3v) is 7.10. The van der Waals surface area contributed by atoms with Gasteiger partial charge in [0.15, 0.2) is 0 Å². The molecule has 1 aromatic carbocycles. The number of nitrogens with one attached hydrogen (secondary N) is 1. The topological polar surface area (TPSA) is 56.6 Å². The van der Waals surface area contributed by atoms with Crippen LogP contribution in [0.2, 0.25) is 0 Å². The second kappa shape index (κ2) is 8.61. The summed E-state index contributed by atoms with van der Waals surface area (Å²) in [6.07, 6.45) is 0.522. The minimum atomic E-state index is -1.57. The number of thioether (sulfide) groups is 1. The van der Waals surface area contributed by atoms with Crippen LogP contribution in [0.5, 0.6) is 0 Å². The number of anilines is 1. The Kier molecular flexibility index (Phi) is 5.06. The quantitative estimate of drug-likeness (QED) is 0.798. The molecule has 1 N–H and O–H groups in total. The maximum atomic E-state index is 12.8. The van der Waals surface area contributed by atoms with Gasteiger partial charge in [-0.1, -0.05) is 18.2 Å². The first kappa shape index (κ1) is 17.6. The minimum absolute atomic E-state index is 0.0437. The molecule has 3 fully saturated rings. The number of aromatic nitrogens is 2. The Morgan fingerprint density at radius 3 is 2.73 bits per heavy atom. The number of aryl methyl sites for hydroxylation is 1. The number of hydrogen-bond acceptors (Lipinski definition) is 6. The molecule has 2 atom stereocenters. The van der Waals surface area contributed by atoms with Gasteiger partial charge in [-0.3, -0.25) is 9.69 Å². The Morgan fingerprint density at radius 1 is 1.20 bits per heavy atom. The SMILES string of the molecule is [2H]C1([2H])NC(C(=O)N2CCSC2)CC1N1CCN(c2cc(C)nn2-c2ccccc2)CC1. The largest absolute Gasteiger partial charge is 0.354 e. The summed E-state index contributed by atoms with van der Waals surface area (Å²) >= 11 is 1.76. The van der Waals surface area contributed by atoms with Crippen molar-refractivity contribution >= 4 is 23.5 Å². The van der Waals surface area contributed by atoms with Gasteiger partial charge in [0.1, 0.15) is 5.82 Å². The first-order valence-corrected chi connectivity index (χ1v) is 11.8. The summed E-state index contributed by atoms with van der Waals surface area (Å²) in [5.74, 6) is 2.80. The van der Waals surface area contributed by atoms with E-state index in [9.17, 15) is 4.79 Å². The van der Waals surface area contributed by atoms with Crippen molar-refractivity contribution < 1.29 is 7.54 Å². The van der Waals surface area contributed by atoms with Gasteiger partial charge < -0.3 is 15.1 Å². The van der Waals surface area contributed by atoms with Crippen LogP contribution >= 0.6 is 11.8 Å². The van der Waals surface area contributed by atoms with Gasteiger partial charge in [0.2, 0.25) is 5.91 Å². The molecule has 0 spiro atoms. The van der Waals surface area contributed by atoms with Crippen molar-refractivity contribution in [3.63, 3.8) is 0 Å². The molecule has 0 aliphatic carbocycles. The summed E-state index contributed by atoms with van der Waals surface area (Å²) in [4.78, 5) is 19.2. The van der Waals surface area contributed by atoms with Crippen molar-refractivity contribution in [2.75, 3.05) is 55.8 Å². The molecule has 2 unspecified atom stereocenters. The zero-order chi connectivity index (χ0) is 22.3. The highest BCUT2D eigenvalue weighted by atomic mass is 32.2. The third kappa shape index (κ3) is 3.96. The maximum Gasteiger partial charge on any atom is 0.240 e. The summed E-state index contributed by atoms with van der Waals surface area (Å²) in [5.41, 5.74) is 2.01. The van der Waals surface area contributed by atoms with Crippen molar-refractivity contribution in [2.24, 2.45) is 0 Å². The van der Waals surface area contributed by atoms with Gasteiger partial charge in [0, 0.05) is 59.8 Å². The first-order chi connectivity index (χ1) is 15.4. The van der Waals surface area contributed by atoms with Crippen LogP contribution in [-0.4, -0.2) is 88.4 Å². The van der Waals surface area contributed by atoms with Crippen molar-refractivity contribution in [3.8, 4) is 5.69 Å². The fourth-order valence-electron chi connectivity index (χ4n) is 4.48. The lowest BCUT2D eigenvalue weighted by Gasteiger charge is -2.38. The lowest BCUT2D eigenvalue weighted by atomic mass is 10.1. The highest BCUT2D eigenvalue weighted by Crippen LogP contribution is 2.25. The van der Waals surface area contributed by atoms with Gasteiger partial charge >= 0.3 is 0 Å². The number of carbonyl (C=O) groups excluding carboxylic acids is 1. The molecule has 30 heavy (non-hydrogen) atoms. The normalized spacial score (nSPS) is 27.9.